The van der Waals surface area contributed by atoms with E-state index in [0.29, 0.717) is 19.4 Å². The zero-order valence-electron chi connectivity index (χ0n) is 15.2. The van der Waals surface area contributed by atoms with Crippen molar-refractivity contribution in [1.82, 2.24) is 9.73 Å². The fourth-order valence-electron chi connectivity index (χ4n) is 2.87. The maximum Gasteiger partial charge on any atom is 0.244 e. The number of carbonyl (C=O) groups is 1. The van der Waals surface area contributed by atoms with Gasteiger partial charge in [0.25, 0.3) is 0 Å². The lowest BCUT2D eigenvalue weighted by Gasteiger charge is -2.30. The summed E-state index contributed by atoms with van der Waals surface area (Å²) in [5, 5.41) is 4.14. The molecule has 1 aromatic carbocycles. The van der Waals surface area contributed by atoms with Crippen molar-refractivity contribution in [3.05, 3.63) is 29.8 Å². The van der Waals surface area contributed by atoms with Gasteiger partial charge in [-0.05, 0) is 44.7 Å². The van der Waals surface area contributed by atoms with Crippen LogP contribution in [0.1, 0.15) is 45.1 Å². The van der Waals surface area contributed by atoms with Crippen LogP contribution in [0.2, 0.25) is 0 Å². The first kappa shape index (κ1) is 19.6. The van der Waals surface area contributed by atoms with E-state index in [2.05, 4.69) is 10.5 Å². The minimum atomic E-state index is -3.57. The molecule has 25 heavy (non-hydrogen) atoms. The molecule has 2 rings (SSSR count). The van der Waals surface area contributed by atoms with Gasteiger partial charge in [-0.15, -0.1) is 0 Å². The first-order valence-corrected chi connectivity index (χ1v) is 10.2. The van der Waals surface area contributed by atoms with Gasteiger partial charge < -0.3 is 0 Å². The van der Waals surface area contributed by atoms with Crippen LogP contribution in [0.5, 0.6) is 0 Å². The summed E-state index contributed by atoms with van der Waals surface area (Å²) in [6, 6.07) is 6.81. The SMILES string of the molecule is CCC(CC)=NNC(=O)[C@H]1CCCN(S(=O)(=O)c2ccc(C)cc2)C1. The van der Waals surface area contributed by atoms with Gasteiger partial charge in [-0.3, -0.25) is 4.79 Å². The van der Waals surface area contributed by atoms with Crippen LogP contribution in [-0.2, 0) is 14.8 Å². The molecule has 1 aliphatic heterocycles. The van der Waals surface area contributed by atoms with Gasteiger partial charge in [0.05, 0.1) is 10.8 Å². The minimum absolute atomic E-state index is 0.200. The van der Waals surface area contributed by atoms with Crippen molar-refractivity contribution in [2.75, 3.05) is 13.1 Å². The molecule has 6 nitrogen and oxygen atoms in total. The number of nitrogens with one attached hydrogen (secondary N) is 1. The molecule has 138 valence electrons. The summed E-state index contributed by atoms with van der Waals surface area (Å²) in [5.74, 6) is -0.573. The summed E-state index contributed by atoms with van der Waals surface area (Å²) >= 11 is 0. The van der Waals surface area contributed by atoms with Gasteiger partial charge in [0.1, 0.15) is 0 Å². The smallest absolute Gasteiger partial charge is 0.244 e. The number of nitrogens with zero attached hydrogens (tertiary/aromatic N) is 2. The lowest BCUT2D eigenvalue weighted by Crippen LogP contribution is -2.44. The Bertz CT molecular complexity index is 720. The van der Waals surface area contributed by atoms with E-state index in [1.165, 1.54) is 4.31 Å². The number of rotatable bonds is 6. The first-order valence-electron chi connectivity index (χ1n) is 8.80. The van der Waals surface area contributed by atoms with Crippen LogP contribution in [0.25, 0.3) is 0 Å². The number of aryl methyl sites for hydroxylation is 1. The van der Waals surface area contributed by atoms with Crippen molar-refractivity contribution in [2.45, 2.75) is 51.3 Å². The van der Waals surface area contributed by atoms with Crippen molar-refractivity contribution in [2.24, 2.45) is 11.0 Å². The van der Waals surface area contributed by atoms with Crippen molar-refractivity contribution < 1.29 is 13.2 Å². The largest absolute Gasteiger partial charge is 0.273 e. The van der Waals surface area contributed by atoms with Crippen molar-refractivity contribution in [1.29, 1.82) is 0 Å². The zero-order chi connectivity index (χ0) is 18.4. The molecule has 1 amide bonds. The molecule has 0 spiro atoms. The number of hydrogen-bond donors (Lipinski definition) is 1. The van der Waals surface area contributed by atoms with E-state index in [-0.39, 0.29) is 23.3 Å². The molecule has 0 bridgehead atoms. The maximum absolute atomic E-state index is 12.8. The molecular formula is C18H27N3O3S. The number of hydrogen-bond acceptors (Lipinski definition) is 4. The molecule has 7 heteroatoms. The van der Waals surface area contributed by atoms with E-state index < -0.39 is 10.0 Å². The average Bonchev–Trinajstić information content (AvgIpc) is 2.63. The van der Waals surface area contributed by atoms with Gasteiger partial charge in [-0.1, -0.05) is 31.5 Å². The normalized spacial score (nSPS) is 18.6. The monoisotopic (exact) mass is 365 g/mol. The molecule has 0 aromatic heterocycles. The number of carbonyl (C=O) groups excluding carboxylic acids is 1. The lowest BCUT2D eigenvalue weighted by molar-refractivity contribution is -0.126. The summed E-state index contributed by atoms with van der Waals surface area (Å²) in [6.07, 6.45) is 2.92. The second-order valence-corrected chi connectivity index (χ2v) is 8.31. The Morgan fingerprint density at radius 1 is 1.24 bits per heavy atom. The summed E-state index contributed by atoms with van der Waals surface area (Å²) < 4.78 is 27.0. The Morgan fingerprint density at radius 3 is 2.48 bits per heavy atom. The molecule has 1 aromatic rings. The molecule has 1 fully saturated rings. The van der Waals surface area contributed by atoms with Crippen LogP contribution < -0.4 is 5.43 Å². The molecule has 1 aliphatic rings. The molecule has 0 saturated carbocycles. The number of piperidine rings is 1. The summed E-state index contributed by atoms with van der Waals surface area (Å²) in [5.41, 5.74) is 4.54. The highest BCUT2D eigenvalue weighted by Gasteiger charge is 2.33. The van der Waals surface area contributed by atoms with E-state index in [0.717, 1.165) is 24.1 Å². The summed E-state index contributed by atoms with van der Waals surface area (Å²) in [6.45, 7) is 6.54. The van der Waals surface area contributed by atoms with E-state index in [9.17, 15) is 13.2 Å². The van der Waals surface area contributed by atoms with Crippen molar-refractivity contribution >= 4 is 21.6 Å². The maximum atomic E-state index is 12.8. The van der Waals surface area contributed by atoms with Gasteiger partial charge in [-0.25, -0.2) is 13.8 Å². The molecule has 0 unspecified atom stereocenters. The molecule has 1 N–H and O–H groups in total. The number of amides is 1. The molecule has 1 saturated heterocycles. The van der Waals surface area contributed by atoms with E-state index in [4.69, 9.17) is 0 Å². The Labute approximate surface area is 150 Å². The number of benzene rings is 1. The lowest BCUT2D eigenvalue weighted by atomic mass is 9.99. The highest BCUT2D eigenvalue weighted by atomic mass is 32.2. The molecule has 1 heterocycles. The van der Waals surface area contributed by atoms with E-state index >= 15 is 0 Å². The highest BCUT2D eigenvalue weighted by molar-refractivity contribution is 7.89. The molecular weight excluding hydrogens is 338 g/mol. The average molecular weight is 365 g/mol. The number of hydrazone groups is 1. The van der Waals surface area contributed by atoms with Crippen molar-refractivity contribution in [3.63, 3.8) is 0 Å². The topological polar surface area (TPSA) is 78.8 Å². The fraction of sp³-hybridized carbons (Fsp3) is 0.556. The Balaban J connectivity index is 2.08. The second-order valence-electron chi connectivity index (χ2n) is 6.38. The molecule has 0 aliphatic carbocycles. The van der Waals surface area contributed by atoms with Crippen LogP contribution in [0.15, 0.2) is 34.3 Å². The van der Waals surface area contributed by atoms with Crippen LogP contribution in [0, 0.1) is 12.8 Å². The van der Waals surface area contributed by atoms with Gasteiger partial charge >= 0.3 is 0 Å². The Morgan fingerprint density at radius 2 is 1.88 bits per heavy atom. The predicted octanol–water partition coefficient (Wildman–Crippen LogP) is 2.69. The van der Waals surface area contributed by atoms with Crippen LogP contribution in [0.4, 0.5) is 0 Å². The number of sulfonamides is 1. The standard InChI is InChI=1S/C18H27N3O3S/c1-4-16(5-2)19-20-18(22)15-7-6-12-21(13-15)25(23,24)17-10-8-14(3)9-11-17/h8-11,15H,4-7,12-13H2,1-3H3,(H,20,22)/t15-/m0/s1. The Kier molecular flexibility index (Phi) is 6.72. The van der Waals surface area contributed by atoms with Gasteiger partial charge in [0.2, 0.25) is 15.9 Å². The van der Waals surface area contributed by atoms with E-state index in [1.807, 2.05) is 20.8 Å². The van der Waals surface area contributed by atoms with Gasteiger partial charge in [-0.2, -0.15) is 9.41 Å². The van der Waals surface area contributed by atoms with Gasteiger partial charge in [0, 0.05) is 18.8 Å². The first-order chi connectivity index (χ1) is 11.9. The quantitative estimate of drug-likeness (QED) is 0.622. The highest BCUT2D eigenvalue weighted by Crippen LogP contribution is 2.24. The fourth-order valence-corrected chi connectivity index (χ4v) is 4.39. The Hall–Kier alpha value is -1.73. The third-order valence-electron chi connectivity index (χ3n) is 4.55. The van der Waals surface area contributed by atoms with Crippen molar-refractivity contribution in [3.8, 4) is 0 Å². The van der Waals surface area contributed by atoms with Crippen LogP contribution in [0.3, 0.4) is 0 Å². The van der Waals surface area contributed by atoms with Gasteiger partial charge in [0.15, 0.2) is 0 Å². The molecule has 0 radical (unpaired) electrons. The predicted molar refractivity (Wildman–Crippen MR) is 98.8 cm³/mol. The summed E-state index contributed by atoms with van der Waals surface area (Å²) in [4.78, 5) is 12.6. The third-order valence-corrected chi connectivity index (χ3v) is 6.43. The molecule has 1 atom stereocenters. The van der Waals surface area contributed by atoms with Crippen LogP contribution in [-0.4, -0.2) is 37.4 Å². The minimum Gasteiger partial charge on any atom is -0.273 e. The zero-order valence-corrected chi connectivity index (χ0v) is 16.0. The van der Waals surface area contributed by atoms with Crippen LogP contribution >= 0.6 is 0 Å². The van der Waals surface area contributed by atoms with E-state index in [1.54, 1.807) is 24.3 Å². The summed E-state index contributed by atoms with van der Waals surface area (Å²) in [7, 11) is -3.57. The third kappa shape index (κ3) is 4.89. The second kappa shape index (κ2) is 8.58.